The minimum Gasteiger partial charge on any atom is -0.494 e. The number of benzene rings is 2. The molecule has 0 aromatic heterocycles. The summed E-state index contributed by atoms with van der Waals surface area (Å²) in [6.07, 6.45) is 0. The first-order valence-corrected chi connectivity index (χ1v) is 7.58. The van der Waals surface area contributed by atoms with Crippen LogP contribution in [0.5, 0.6) is 5.75 Å². The van der Waals surface area contributed by atoms with Gasteiger partial charge in [0.2, 0.25) is 0 Å². The lowest BCUT2D eigenvalue weighted by atomic mass is 10.2. The van der Waals surface area contributed by atoms with Crippen molar-refractivity contribution >= 4 is 34.6 Å². The molecule has 0 saturated heterocycles. The molecule has 2 aromatic rings. The van der Waals surface area contributed by atoms with Crippen molar-refractivity contribution in [1.82, 2.24) is 5.32 Å². The first-order valence-electron chi connectivity index (χ1n) is 6.80. The van der Waals surface area contributed by atoms with Crippen LogP contribution in [0.2, 0.25) is 5.02 Å². The van der Waals surface area contributed by atoms with Crippen LogP contribution >= 0.6 is 23.8 Å². The molecule has 0 saturated carbocycles. The molecule has 2 N–H and O–H groups in total. The molecule has 0 unspecified atom stereocenters. The number of hydrogen-bond donors (Lipinski definition) is 2. The molecule has 116 valence electrons. The van der Waals surface area contributed by atoms with Crippen molar-refractivity contribution in [3.05, 3.63) is 58.9 Å². The molecule has 2 aromatic carbocycles. The Morgan fingerprint density at radius 3 is 2.59 bits per heavy atom. The smallest absolute Gasteiger partial charge is 0.171 e. The summed E-state index contributed by atoms with van der Waals surface area (Å²) in [7, 11) is 0. The molecule has 0 aliphatic heterocycles. The third-order valence-electron chi connectivity index (χ3n) is 2.86. The number of anilines is 1. The summed E-state index contributed by atoms with van der Waals surface area (Å²) in [4.78, 5) is 0. The van der Waals surface area contributed by atoms with Crippen LogP contribution in [0.4, 0.5) is 10.1 Å². The van der Waals surface area contributed by atoms with Crippen molar-refractivity contribution in [2.45, 2.75) is 13.5 Å². The van der Waals surface area contributed by atoms with Crippen LogP contribution in [0.1, 0.15) is 12.5 Å². The molecule has 6 heteroatoms. The van der Waals surface area contributed by atoms with Gasteiger partial charge in [-0.3, -0.25) is 0 Å². The first kappa shape index (κ1) is 16.5. The Balaban J connectivity index is 1.85. The SMILES string of the molecule is CCOc1ccc(CNC(=S)Nc2ccc(F)c(Cl)c2)cc1. The van der Waals surface area contributed by atoms with Crippen molar-refractivity contribution in [2.75, 3.05) is 11.9 Å². The standard InChI is InChI=1S/C16H16ClFN2OS/c1-2-21-13-6-3-11(4-7-13)10-19-16(22)20-12-5-8-15(18)14(17)9-12/h3-9H,2,10H2,1H3,(H2,19,20,22). The van der Waals surface area contributed by atoms with Crippen molar-refractivity contribution in [3.63, 3.8) is 0 Å². The maximum Gasteiger partial charge on any atom is 0.171 e. The van der Waals surface area contributed by atoms with Gasteiger partial charge >= 0.3 is 0 Å². The summed E-state index contributed by atoms with van der Waals surface area (Å²) >= 11 is 10.9. The van der Waals surface area contributed by atoms with Crippen LogP contribution < -0.4 is 15.4 Å². The fourth-order valence-corrected chi connectivity index (χ4v) is 2.17. The Morgan fingerprint density at radius 2 is 1.95 bits per heavy atom. The highest BCUT2D eigenvalue weighted by molar-refractivity contribution is 7.80. The Hall–Kier alpha value is -1.85. The number of thiocarbonyl (C=S) groups is 1. The number of rotatable bonds is 5. The molecule has 2 rings (SSSR count). The van der Waals surface area contributed by atoms with Gasteiger partial charge in [0.15, 0.2) is 5.11 Å². The van der Waals surface area contributed by atoms with E-state index in [0.717, 1.165) is 11.3 Å². The third kappa shape index (κ3) is 4.86. The van der Waals surface area contributed by atoms with E-state index in [0.29, 0.717) is 24.0 Å². The zero-order valence-electron chi connectivity index (χ0n) is 12.0. The molecule has 0 radical (unpaired) electrons. The third-order valence-corrected chi connectivity index (χ3v) is 3.40. The Morgan fingerprint density at radius 1 is 1.23 bits per heavy atom. The lowest BCUT2D eigenvalue weighted by molar-refractivity contribution is 0.340. The maximum atomic E-state index is 13.1. The average molecular weight is 339 g/mol. The molecule has 0 bridgehead atoms. The van der Waals surface area contributed by atoms with Gasteiger partial charge in [0.1, 0.15) is 11.6 Å². The van der Waals surface area contributed by atoms with Crippen molar-refractivity contribution in [2.24, 2.45) is 0 Å². The fourth-order valence-electron chi connectivity index (χ4n) is 1.80. The molecule has 22 heavy (non-hydrogen) atoms. The van der Waals surface area contributed by atoms with Crippen molar-refractivity contribution in [3.8, 4) is 5.75 Å². The van der Waals surface area contributed by atoms with Crippen LogP contribution in [-0.4, -0.2) is 11.7 Å². The quantitative estimate of drug-likeness (QED) is 0.793. The lowest BCUT2D eigenvalue weighted by Gasteiger charge is -2.11. The van der Waals surface area contributed by atoms with Gasteiger partial charge in [0, 0.05) is 12.2 Å². The van der Waals surface area contributed by atoms with Gasteiger partial charge in [-0.15, -0.1) is 0 Å². The van der Waals surface area contributed by atoms with Gasteiger partial charge < -0.3 is 15.4 Å². The molecular weight excluding hydrogens is 323 g/mol. The normalized spacial score (nSPS) is 10.1. The van der Waals surface area contributed by atoms with E-state index < -0.39 is 5.82 Å². The van der Waals surface area contributed by atoms with Gasteiger partial charge in [-0.05, 0) is 55.0 Å². The molecule has 0 spiro atoms. The molecule has 0 aliphatic carbocycles. The largest absolute Gasteiger partial charge is 0.494 e. The van der Waals surface area contributed by atoms with E-state index in [1.165, 1.54) is 12.1 Å². The molecule has 0 atom stereocenters. The van der Waals surface area contributed by atoms with Crippen LogP contribution in [0, 0.1) is 5.82 Å². The predicted octanol–water partition coefficient (Wildman–Crippen LogP) is 4.36. The number of hydrogen-bond acceptors (Lipinski definition) is 2. The van der Waals surface area contributed by atoms with E-state index in [9.17, 15) is 4.39 Å². The minimum atomic E-state index is -0.458. The fraction of sp³-hybridized carbons (Fsp3) is 0.188. The highest BCUT2D eigenvalue weighted by Gasteiger charge is 2.03. The summed E-state index contributed by atoms with van der Waals surface area (Å²) in [5.41, 5.74) is 1.71. The summed E-state index contributed by atoms with van der Waals surface area (Å²) in [6.45, 7) is 3.17. The van der Waals surface area contributed by atoms with Gasteiger partial charge in [-0.25, -0.2) is 4.39 Å². The van der Waals surface area contributed by atoms with E-state index in [1.54, 1.807) is 6.07 Å². The number of nitrogens with one attached hydrogen (secondary N) is 2. The number of ether oxygens (including phenoxy) is 1. The second-order valence-corrected chi connectivity index (χ2v) is 5.33. The van der Waals surface area contributed by atoms with Crippen molar-refractivity contribution < 1.29 is 9.13 Å². The molecule has 0 heterocycles. The highest BCUT2D eigenvalue weighted by atomic mass is 35.5. The first-order chi connectivity index (χ1) is 10.6. The Labute approximate surface area is 139 Å². The average Bonchev–Trinajstić information content (AvgIpc) is 2.51. The van der Waals surface area contributed by atoms with E-state index in [4.69, 9.17) is 28.6 Å². The van der Waals surface area contributed by atoms with Gasteiger partial charge in [-0.2, -0.15) is 0 Å². The minimum absolute atomic E-state index is 0.0549. The van der Waals surface area contributed by atoms with Gasteiger partial charge in [0.25, 0.3) is 0 Å². The molecular formula is C16H16ClFN2OS. The molecule has 3 nitrogen and oxygen atoms in total. The number of halogens is 2. The van der Waals surface area contributed by atoms with Crippen LogP contribution in [0.3, 0.4) is 0 Å². The molecule has 0 amide bonds. The zero-order valence-corrected chi connectivity index (χ0v) is 13.6. The van der Waals surface area contributed by atoms with Crippen LogP contribution in [-0.2, 0) is 6.54 Å². The van der Waals surface area contributed by atoms with Crippen LogP contribution in [0.25, 0.3) is 0 Å². The topological polar surface area (TPSA) is 33.3 Å². The molecule has 0 aliphatic rings. The second kappa shape index (κ2) is 7.96. The molecule has 0 fully saturated rings. The highest BCUT2D eigenvalue weighted by Crippen LogP contribution is 2.19. The predicted molar refractivity (Wildman–Crippen MR) is 92.1 cm³/mol. The summed E-state index contributed by atoms with van der Waals surface area (Å²) < 4.78 is 18.5. The Bertz CT molecular complexity index is 649. The van der Waals surface area contributed by atoms with Crippen LogP contribution in [0.15, 0.2) is 42.5 Å². The van der Waals surface area contributed by atoms with E-state index in [2.05, 4.69) is 10.6 Å². The van der Waals surface area contributed by atoms with Gasteiger partial charge in [-0.1, -0.05) is 23.7 Å². The summed E-state index contributed by atoms with van der Waals surface area (Å²) in [5.74, 6) is 0.383. The maximum absolute atomic E-state index is 13.1. The van der Waals surface area contributed by atoms with E-state index >= 15 is 0 Å². The second-order valence-electron chi connectivity index (χ2n) is 4.51. The lowest BCUT2D eigenvalue weighted by Crippen LogP contribution is -2.27. The van der Waals surface area contributed by atoms with Crippen molar-refractivity contribution in [1.29, 1.82) is 0 Å². The summed E-state index contributed by atoms with van der Waals surface area (Å²) in [6, 6.07) is 12.1. The summed E-state index contributed by atoms with van der Waals surface area (Å²) in [5, 5.41) is 6.53. The Kier molecular flexibility index (Phi) is 5.98. The van der Waals surface area contributed by atoms with E-state index in [-0.39, 0.29) is 5.02 Å². The monoisotopic (exact) mass is 338 g/mol. The zero-order chi connectivity index (χ0) is 15.9. The van der Waals surface area contributed by atoms with Gasteiger partial charge in [0.05, 0.1) is 11.6 Å². The van der Waals surface area contributed by atoms with E-state index in [1.807, 2.05) is 31.2 Å².